The highest BCUT2D eigenvalue weighted by atomic mass is 16.1. The minimum absolute atomic E-state index is 0.0362. The standard InChI is InChI=1S/C14H23N3O/c1-10-9-11(5-6-12(10)17-15)13(18)16-8-7-14(2,3)4/h5-6,9,17H,7-8,15H2,1-4H3,(H,16,18). The molecule has 0 fully saturated rings. The summed E-state index contributed by atoms with van der Waals surface area (Å²) >= 11 is 0. The van der Waals surface area contributed by atoms with Gasteiger partial charge in [-0.05, 0) is 42.5 Å². The van der Waals surface area contributed by atoms with Gasteiger partial charge in [-0.2, -0.15) is 0 Å². The Morgan fingerprint density at radius 3 is 2.50 bits per heavy atom. The van der Waals surface area contributed by atoms with Gasteiger partial charge in [0.15, 0.2) is 0 Å². The van der Waals surface area contributed by atoms with E-state index >= 15 is 0 Å². The van der Waals surface area contributed by atoms with Crippen LogP contribution in [0.2, 0.25) is 0 Å². The van der Waals surface area contributed by atoms with Gasteiger partial charge in [-0.25, -0.2) is 0 Å². The largest absolute Gasteiger partial charge is 0.352 e. The first-order valence-electron chi connectivity index (χ1n) is 6.19. The van der Waals surface area contributed by atoms with Gasteiger partial charge in [-0.3, -0.25) is 10.6 Å². The number of carbonyl (C=O) groups is 1. The van der Waals surface area contributed by atoms with Gasteiger partial charge in [0.2, 0.25) is 0 Å². The van der Waals surface area contributed by atoms with Crippen LogP contribution >= 0.6 is 0 Å². The average Bonchev–Trinajstić information content (AvgIpc) is 2.27. The molecule has 4 heteroatoms. The fourth-order valence-electron chi connectivity index (χ4n) is 1.62. The SMILES string of the molecule is Cc1cc(C(=O)NCCC(C)(C)C)ccc1NN. The number of nitrogen functional groups attached to an aromatic ring is 1. The number of anilines is 1. The molecule has 4 N–H and O–H groups in total. The summed E-state index contributed by atoms with van der Waals surface area (Å²) < 4.78 is 0. The van der Waals surface area contributed by atoms with E-state index in [2.05, 4.69) is 31.5 Å². The maximum atomic E-state index is 11.9. The Bertz CT molecular complexity index is 422. The number of nitrogens with two attached hydrogens (primary N) is 1. The summed E-state index contributed by atoms with van der Waals surface area (Å²) in [5, 5.41) is 2.93. The van der Waals surface area contributed by atoms with Gasteiger partial charge in [0.25, 0.3) is 5.91 Å². The Balaban J connectivity index is 2.59. The summed E-state index contributed by atoms with van der Waals surface area (Å²) in [6.07, 6.45) is 0.958. The van der Waals surface area contributed by atoms with Crippen LogP contribution < -0.4 is 16.6 Å². The predicted molar refractivity (Wildman–Crippen MR) is 75.4 cm³/mol. The van der Waals surface area contributed by atoms with E-state index in [0.29, 0.717) is 12.1 Å². The monoisotopic (exact) mass is 249 g/mol. The van der Waals surface area contributed by atoms with Crippen molar-refractivity contribution in [2.45, 2.75) is 34.1 Å². The van der Waals surface area contributed by atoms with Gasteiger partial charge in [0.1, 0.15) is 0 Å². The van der Waals surface area contributed by atoms with Crippen LogP contribution in [0.15, 0.2) is 18.2 Å². The first-order valence-corrected chi connectivity index (χ1v) is 6.19. The summed E-state index contributed by atoms with van der Waals surface area (Å²) in [7, 11) is 0. The second-order valence-electron chi connectivity index (χ2n) is 5.74. The van der Waals surface area contributed by atoms with Crippen LogP contribution in [-0.2, 0) is 0 Å². The van der Waals surface area contributed by atoms with Crippen molar-refractivity contribution in [3.63, 3.8) is 0 Å². The minimum atomic E-state index is -0.0362. The lowest BCUT2D eigenvalue weighted by Crippen LogP contribution is -2.27. The van der Waals surface area contributed by atoms with Gasteiger partial charge in [0, 0.05) is 12.1 Å². The molecule has 0 spiro atoms. The first-order chi connectivity index (χ1) is 8.33. The van der Waals surface area contributed by atoms with Crippen LogP contribution in [0.4, 0.5) is 5.69 Å². The normalized spacial score (nSPS) is 11.2. The number of hydrogen-bond acceptors (Lipinski definition) is 3. The summed E-state index contributed by atoms with van der Waals surface area (Å²) in [6.45, 7) is 9.08. The number of rotatable bonds is 4. The summed E-state index contributed by atoms with van der Waals surface area (Å²) in [5.74, 6) is 5.32. The van der Waals surface area contributed by atoms with Gasteiger partial charge in [-0.15, -0.1) is 0 Å². The van der Waals surface area contributed by atoms with Crippen molar-refractivity contribution in [3.8, 4) is 0 Å². The predicted octanol–water partition coefficient (Wildman–Crippen LogP) is 2.45. The van der Waals surface area contributed by atoms with Crippen molar-refractivity contribution in [2.24, 2.45) is 11.3 Å². The van der Waals surface area contributed by atoms with E-state index in [-0.39, 0.29) is 11.3 Å². The van der Waals surface area contributed by atoms with E-state index in [1.54, 1.807) is 6.07 Å². The zero-order valence-corrected chi connectivity index (χ0v) is 11.6. The van der Waals surface area contributed by atoms with Gasteiger partial charge >= 0.3 is 0 Å². The first kappa shape index (κ1) is 14.5. The fraction of sp³-hybridized carbons (Fsp3) is 0.500. The number of hydrogen-bond donors (Lipinski definition) is 3. The van der Waals surface area contributed by atoms with E-state index in [9.17, 15) is 4.79 Å². The molecule has 0 radical (unpaired) electrons. The smallest absolute Gasteiger partial charge is 0.251 e. The third kappa shape index (κ3) is 4.37. The molecule has 1 amide bonds. The van der Waals surface area contributed by atoms with E-state index in [1.807, 2.05) is 19.1 Å². The highest BCUT2D eigenvalue weighted by Crippen LogP contribution is 2.18. The van der Waals surface area contributed by atoms with Gasteiger partial charge in [-0.1, -0.05) is 20.8 Å². The number of carbonyl (C=O) groups excluding carboxylic acids is 1. The molecule has 0 aliphatic rings. The van der Waals surface area contributed by atoms with Crippen molar-refractivity contribution < 1.29 is 4.79 Å². The van der Waals surface area contributed by atoms with Gasteiger partial charge < -0.3 is 10.7 Å². The lowest BCUT2D eigenvalue weighted by atomic mass is 9.92. The highest BCUT2D eigenvalue weighted by molar-refractivity contribution is 5.94. The fourth-order valence-corrected chi connectivity index (χ4v) is 1.62. The lowest BCUT2D eigenvalue weighted by Gasteiger charge is -2.18. The highest BCUT2D eigenvalue weighted by Gasteiger charge is 2.11. The Labute approximate surface area is 109 Å². The molecule has 0 aliphatic heterocycles. The Morgan fingerprint density at radius 2 is 2.00 bits per heavy atom. The van der Waals surface area contributed by atoms with Crippen LogP contribution in [0.1, 0.15) is 43.1 Å². The number of benzene rings is 1. The number of amides is 1. The Kier molecular flexibility index (Phi) is 4.73. The molecular formula is C14H23N3O. The molecule has 0 heterocycles. The maximum Gasteiger partial charge on any atom is 0.251 e. The van der Waals surface area contributed by atoms with Crippen molar-refractivity contribution in [1.29, 1.82) is 0 Å². The zero-order chi connectivity index (χ0) is 13.8. The molecule has 0 aliphatic carbocycles. The summed E-state index contributed by atoms with van der Waals surface area (Å²) in [5.41, 5.74) is 5.29. The van der Waals surface area contributed by atoms with Crippen LogP contribution in [-0.4, -0.2) is 12.5 Å². The van der Waals surface area contributed by atoms with E-state index in [4.69, 9.17) is 5.84 Å². The van der Waals surface area contributed by atoms with Crippen LogP contribution in [0.5, 0.6) is 0 Å². The molecule has 0 bridgehead atoms. The number of nitrogens with one attached hydrogen (secondary N) is 2. The lowest BCUT2D eigenvalue weighted by molar-refractivity contribution is 0.0949. The number of aryl methyl sites for hydroxylation is 1. The molecule has 0 unspecified atom stereocenters. The molecule has 1 aromatic rings. The summed E-state index contributed by atoms with van der Waals surface area (Å²) in [6, 6.07) is 5.42. The van der Waals surface area contributed by atoms with Gasteiger partial charge in [0.05, 0.1) is 5.69 Å². The molecule has 18 heavy (non-hydrogen) atoms. The molecule has 0 aromatic heterocycles. The second-order valence-corrected chi connectivity index (χ2v) is 5.74. The zero-order valence-electron chi connectivity index (χ0n) is 11.6. The minimum Gasteiger partial charge on any atom is -0.352 e. The number of hydrazine groups is 1. The molecule has 0 atom stereocenters. The third-order valence-corrected chi connectivity index (χ3v) is 2.80. The molecule has 1 aromatic carbocycles. The molecular weight excluding hydrogens is 226 g/mol. The average molecular weight is 249 g/mol. The van der Waals surface area contributed by atoms with Crippen LogP contribution in [0.3, 0.4) is 0 Å². The molecule has 4 nitrogen and oxygen atoms in total. The molecule has 100 valence electrons. The van der Waals surface area contributed by atoms with Crippen molar-refractivity contribution in [2.75, 3.05) is 12.0 Å². The Morgan fingerprint density at radius 1 is 1.33 bits per heavy atom. The Hall–Kier alpha value is -1.55. The van der Waals surface area contributed by atoms with Crippen molar-refractivity contribution in [3.05, 3.63) is 29.3 Å². The quantitative estimate of drug-likeness (QED) is 0.567. The molecule has 1 rings (SSSR count). The molecule has 0 saturated carbocycles. The molecule has 0 saturated heterocycles. The van der Waals surface area contributed by atoms with E-state index in [1.165, 1.54) is 0 Å². The topological polar surface area (TPSA) is 67.2 Å². The second kappa shape index (κ2) is 5.87. The maximum absolute atomic E-state index is 11.9. The van der Waals surface area contributed by atoms with Crippen LogP contribution in [0, 0.1) is 12.3 Å². The van der Waals surface area contributed by atoms with Crippen molar-refractivity contribution >= 4 is 11.6 Å². The van der Waals surface area contributed by atoms with E-state index in [0.717, 1.165) is 17.7 Å². The third-order valence-electron chi connectivity index (χ3n) is 2.80. The summed E-state index contributed by atoms with van der Waals surface area (Å²) in [4.78, 5) is 11.9. The van der Waals surface area contributed by atoms with Crippen molar-refractivity contribution in [1.82, 2.24) is 5.32 Å². The van der Waals surface area contributed by atoms with E-state index < -0.39 is 0 Å². The van der Waals surface area contributed by atoms with Crippen LogP contribution in [0.25, 0.3) is 0 Å².